The van der Waals surface area contributed by atoms with Crippen molar-refractivity contribution < 1.29 is 4.74 Å². The molecule has 0 radical (unpaired) electrons. The van der Waals surface area contributed by atoms with E-state index in [9.17, 15) is 0 Å². The minimum atomic E-state index is 0.861. The van der Waals surface area contributed by atoms with E-state index >= 15 is 0 Å². The average molecular weight is 182 g/mol. The molecular formula is C10H14OS. The lowest BCUT2D eigenvalue weighted by atomic mass is 10.4. The van der Waals surface area contributed by atoms with E-state index in [0.717, 1.165) is 18.8 Å². The molecule has 0 fully saturated rings. The van der Waals surface area contributed by atoms with E-state index < -0.39 is 0 Å². The standard InChI is InChI=1S/C10H14OS/c1-11-8-5-9-12-10-6-3-2-4-7-10/h2-4,6-7H,5,8-9H2,1H3. The fraction of sp³-hybridized carbons (Fsp3) is 0.400. The van der Waals surface area contributed by atoms with Crippen LogP contribution in [0.25, 0.3) is 0 Å². The summed E-state index contributed by atoms with van der Waals surface area (Å²) < 4.78 is 4.97. The van der Waals surface area contributed by atoms with Crippen molar-refractivity contribution >= 4 is 11.8 Å². The Balaban J connectivity index is 2.16. The summed E-state index contributed by atoms with van der Waals surface area (Å²) >= 11 is 1.88. The van der Waals surface area contributed by atoms with Gasteiger partial charge in [-0.05, 0) is 18.6 Å². The summed E-state index contributed by atoms with van der Waals surface area (Å²) in [7, 11) is 1.74. The number of hydrogen-bond acceptors (Lipinski definition) is 2. The van der Waals surface area contributed by atoms with Gasteiger partial charge in [-0.3, -0.25) is 0 Å². The summed E-state index contributed by atoms with van der Waals surface area (Å²) in [6.45, 7) is 0.861. The number of methoxy groups -OCH3 is 1. The van der Waals surface area contributed by atoms with Gasteiger partial charge < -0.3 is 4.74 Å². The van der Waals surface area contributed by atoms with Crippen molar-refractivity contribution in [2.45, 2.75) is 11.3 Å². The minimum Gasteiger partial charge on any atom is -0.385 e. The molecule has 0 aliphatic heterocycles. The molecule has 0 N–H and O–H groups in total. The summed E-state index contributed by atoms with van der Waals surface area (Å²) in [5.74, 6) is 1.14. The van der Waals surface area contributed by atoms with E-state index in [2.05, 4.69) is 24.3 Å². The first-order valence-electron chi connectivity index (χ1n) is 4.10. The van der Waals surface area contributed by atoms with E-state index in [-0.39, 0.29) is 0 Å². The maximum absolute atomic E-state index is 4.97. The van der Waals surface area contributed by atoms with Gasteiger partial charge in [0.05, 0.1) is 0 Å². The maximum atomic E-state index is 4.97. The van der Waals surface area contributed by atoms with Crippen LogP contribution in [-0.2, 0) is 4.74 Å². The highest BCUT2D eigenvalue weighted by Gasteiger charge is 1.91. The van der Waals surface area contributed by atoms with Gasteiger partial charge in [0, 0.05) is 24.4 Å². The number of ether oxygens (including phenoxy) is 1. The Morgan fingerprint density at radius 2 is 2.00 bits per heavy atom. The summed E-state index contributed by atoms with van der Waals surface area (Å²) in [4.78, 5) is 1.34. The van der Waals surface area contributed by atoms with Crippen LogP contribution in [0.15, 0.2) is 35.2 Å². The summed E-state index contributed by atoms with van der Waals surface area (Å²) in [6.07, 6.45) is 1.12. The summed E-state index contributed by atoms with van der Waals surface area (Å²) in [6, 6.07) is 10.4. The van der Waals surface area contributed by atoms with E-state index in [1.807, 2.05) is 17.8 Å². The average Bonchev–Trinajstić information content (AvgIpc) is 2.14. The van der Waals surface area contributed by atoms with Gasteiger partial charge in [-0.2, -0.15) is 0 Å². The highest BCUT2D eigenvalue weighted by Crippen LogP contribution is 2.17. The molecule has 0 aliphatic carbocycles. The van der Waals surface area contributed by atoms with Crippen LogP contribution >= 0.6 is 11.8 Å². The zero-order valence-corrected chi connectivity index (χ0v) is 8.14. The second kappa shape index (κ2) is 6.09. The predicted molar refractivity (Wildman–Crippen MR) is 53.7 cm³/mol. The molecule has 0 amide bonds. The number of rotatable bonds is 5. The van der Waals surface area contributed by atoms with Crippen molar-refractivity contribution in [1.82, 2.24) is 0 Å². The van der Waals surface area contributed by atoms with Gasteiger partial charge in [-0.25, -0.2) is 0 Å². The first-order chi connectivity index (χ1) is 5.93. The molecule has 12 heavy (non-hydrogen) atoms. The largest absolute Gasteiger partial charge is 0.385 e. The predicted octanol–water partition coefficient (Wildman–Crippen LogP) is 2.82. The molecule has 0 saturated carbocycles. The topological polar surface area (TPSA) is 9.23 Å². The lowest BCUT2D eigenvalue weighted by Crippen LogP contribution is -1.89. The third-order valence-corrected chi connectivity index (χ3v) is 2.60. The molecule has 1 aromatic rings. The van der Waals surface area contributed by atoms with Crippen molar-refractivity contribution in [1.29, 1.82) is 0 Å². The lowest BCUT2D eigenvalue weighted by molar-refractivity contribution is 0.200. The second-order valence-electron chi connectivity index (χ2n) is 2.51. The lowest BCUT2D eigenvalue weighted by Gasteiger charge is -1.99. The fourth-order valence-corrected chi connectivity index (χ4v) is 1.76. The molecule has 0 atom stereocenters. The Morgan fingerprint density at radius 3 is 2.67 bits per heavy atom. The molecule has 0 saturated heterocycles. The van der Waals surface area contributed by atoms with Crippen molar-refractivity contribution in [2.75, 3.05) is 19.5 Å². The van der Waals surface area contributed by atoms with E-state index in [0.29, 0.717) is 0 Å². The van der Waals surface area contributed by atoms with Crippen molar-refractivity contribution in [3.63, 3.8) is 0 Å². The highest BCUT2D eigenvalue weighted by molar-refractivity contribution is 7.99. The van der Waals surface area contributed by atoms with E-state index in [1.54, 1.807) is 7.11 Å². The number of hydrogen-bond donors (Lipinski definition) is 0. The zero-order valence-electron chi connectivity index (χ0n) is 7.32. The Kier molecular flexibility index (Phi) is 4.88. The minimum absolute atomic E-state index is 0.861. The SMILES string of the molecule is COCCCSc1ccccc1. The Morgan fingerprint density at radius 1 is 1.25 bits per heavy atom. The van der Waals surface area contributed by atoms with Gasteiger partial charge in [0.1, 0.15) is 0 Å². The molecule has 2 heteroatoms. The quantitative estimate of drug-likeness (QED) is 0.511. The van der Waals surface area contributed by atoms with Crippen LogP contribution in [-0.4, -0.2) is 19.5 Å². The first-order valence-corrected chi connectivity index (χ1v) is 5.09. The van der Waals surface area contributed by atoms with Crippen LogP contribution in [0.5, 0.6) is 0 Å². The number of thioether (sulfide) groups is 1. The van der Waals surface area contributed by atoms with Gasteiger partial charge in [-0.15, -0.1) is 11.8 Å². The van der Waals surface area contributed by atoms with Crippen molar-refractivity contribution in [3.8, 4) is 0 Å². The van der Waals surface area contributed by atoms with Crippen LogP contribution in [0, 0.1) is 0 Å². The third kappa shape index (κ3) is 3.79. The Labute approximate surface area is 78.1 Å². The third-order valence-electron chi connectivity index (χ3n) is 1.50. The first kappa shape index (κ1) is 9.62. The van der Waals surface area contributed by atoms with Gasteiger partial charge in [0.2, 0.25) is 0 Å². The van der Waals surface area contributed by atoms with Gasteiger partial charge in [-0.1, -0.05) is 18.2 Å². The zero-order chi connectivity index (χ0) is 8.65. The molecule has 1 rings (SSSR count). The molecule has 1 nitrogen and oxygen atoms in total. The molecule has 66 valence electrons. The maximum Gasteiger partial charge on any atom is 0.0470 e. The van der Waals surface area contributed by atoms with E-state index in [1.165, 1.54) is 4.90 Å². The number of benzene rings is 1. The second-order valence-corrected chi connectivity index (χ2v) is 3.68. The fourth-order valence-electron chi connectivity index (χ4n) is 0.910. The monoisotopic (exact) mass is 182 g/mol. The molecule has 0 heterocycles. The molecular weight excluding hydrogens is 168 g/mol. The van der Waals surface area contributed by atoms with Gasteiger partial charge in [0.25, 0.3) is 0 Å². The summed E-state index contributed by atoms with van der Waals surface area (Å²) in [5, 5.41) is 0. The molecule has 0 aromatic heterocycles. The molecule has 0 bridgehead atoms. The van der Waals surface area contributed by atoms with Crippen LogP contribution < -0.4 is 0 Å². The molecule has 0 unspecified atom stereocenters. The normalized spacial score (nSPS) is 10.1. The Bertz CT molecular complexity index is 198. The highest BCUT2D eigenvalue weighted by atomic mass is 32.2. The van der Waals surface area contributed by atoms with Crippen molar-refractivity contribution in [2.24, 2.45) is 0 Å². The smallest absolute Gasteiger partial charge is 0.0470 e. The van der Waals surface area contributed by atoms with Crippen LogP contribution in [0.1, 0.15) is 6.42 Å². The summed E-state index contributed by atoms with van der Waals surface area (Å²) in [5.41, 5.74) is 0. The van der Waals surface area contributed by atoms with Crippen LogP contribution in [0.3, 0.4) is 0 Å². The van der Waals surface area contributed by atoms with Crippen molar-refractivity contribution in [3.05, 3.63) is 30.3 Å². The van der Waals surface area contributed by atoms with Gasteiger partial charge >= 0.3 is 0 Å². The molecule has 0 aliphatic rings. The van der Waals surface area contributed by atoms with Crippen LogP contribution in [0.4, 0.5) is 0 Å². The van der Waals surface area contributed by atoms with Crippen LogP contribution in [0.2, 0.25) is 0 Å². The molecule has 1 aromatic carbocycles. The van der Waals surface area contributed by atoms with E-state index in [4.69, 9.17) is 4.74 Å². The Hall–Kier alpha value is -0.470. The molecule has 0 spiro atoms. The van der Waals surface area contributed by atoms with Gasteiger partial charge in [0.15, 0.2) is 0 Å².